The number of nitrogens with one attached hydrogen (secondary N) is 1. The van der Waals surface area contributed by atoms with Crippen LogP contribution >= 0.6 is 23.2 Å². The summed E-state index contributed by atoms with van der Waals surface area (Å²) in [5, 5.41) is 14.2. The summed E-state index contributed by atoms with van der Waals surface area (Å²) in [5.74, 6) is -0.518. The molecule has 1 amide bonds. The highest BCUT2D eigenvalue weighted by atomic mass is 35.5. The highest BCUT2D eigenvalue weighted by Crippen LogP contribution is 2.37. The molecule has 0 spiro atoms. The number of hydrogen-bond donors (Lipinski definition) is 2. The van der Waals surface area contributed by atoms with Crippen molar-refractivity contribution in [1.82, 2.24) is 5.32 Å². The number of carbonyl (C=O) groups is 1. The van der Waals surface area contributed by atoms with Crippen molar-refractivity contribution in [1.29, 1.82) is 0 Å². The van der Waals surface area contributed by atoms with Crippen molar-refractivity contribution in [2.24, 2.45) is 0 Å². The number of nitrogens with zero attached hydrogens (tertiary/aromatic N) is 1. The molecule has 0 radical (unpaired) electrons. The number of aryl methyl sites for hydroxylation is 2. The second-order valence-electron chi connectivity index (χ2n) is 7.64. The fraction of sp³-hybridized carbons (Fsp3) is 0.208. The van der Waals surface area contributed by atoms with Gasteiger partial charge in [-0.25, -0.2) is 8.42 Å². The van der Waals surface area contributed by atoms with Gasteiger partial charge in [0.15, 0.2) is 0 Å². The molecule has 6 nitrogen and oxygen atoms in total. The van der Waals surface area contributed by atoms with E-state index >= 15 is 0 Å². The maximum Gasteiger partial charge on any atom is 0.264 e. The Kier molecular flexibility index (Phi) is 7.69. The van der Waals surface area contributed by atoms with E-state index < -0.39 is 28.6 Å². The molecule has 3 aromatic rings. The molecule has 0 heterocycles. The largest absolute Gasteiger partial charge is 0.384 e. The first-order valence-electron chi connectivity index (χ1n) is 10.1. The van der Waals surface area contributed by atoms with Crippen molar-refractivity contribution >= 4 is 44.8 Å². The minimum Gasteiger partial charge on any atom is -0.384 e. The summed E-state index contributed by atoms with van der Waals surface area (Å²) in [7, 11) is -2.76. The predicted molar refractivity (Wildman–Crippen MR) is 131 cm³/mol. The van der Waals surface area contributed by atoms with E-state index in [1.165, 1.54) is 25.2 Å². The maximum absolute atomic E-state index is 13.8. The lowest BCUT2D eigenvalue weighted by Gasteiger charge is -2.28. The fourth-order valence-corrected chi connectivity index (χ4v) is 5.61. The van der Waals surface area contributed by atoms with Gasteiger partial charge in [0.2, 0.25) is 5.91 Å². The first-order chi connectivity index (χ1) is 15.5. The summed E-state index contributed by atoms with van der Waals surface area (Å²) < 4.78 is 28.5. The van der Waals surface area contributed by atoms with Gasteiger partial charge in [-0.05, 0) is 61.4 Å². The van der Waals surface area contributed by atoms with Gasteiger partial charge in [0.05, 0.1) is 10.6 Å². The smallest absolute Gasteiger partial charge is 0.264 e. The van der Waals surface area contributed by atoms with Gasteiger partial charge >= 0.3 is 0 Å². The Morgan fingerprint density at radius 1 is 1.00 bits per heavy atom. The fourth-order valence-electron chi connectivity index (χ4n) is 3.55. The molecule has 174 valence electrons. The highest BCUT2D eigenvalue weighted by molar-refractivity contribution is 7.92. The molecule has 3 aromatic carbocycles. The normalized spacial score (nSPS) is 12.3. The van der Waals surface area contributed by atoms with Crippen molar-refractivity contribution < 1.29 is 18.3 Å². The lowest BCUT2D eigenvalue weighted by atomic mass is 9.99. The monoisotopic (exact) mass is 506 g/mol. The molecule has 0 fully saturated rings. The third kappa shape index (κ3) is 5.50. The molecule has 0 saturated heterocycles. The van der Waals surface area contributed by atoms with Gasteiger partial charge in [-0.15, -0.1) is 0 Å². The summed E-state index contributed by atoms with van der Waals surface area (Å²) in [5.41, 5.74) is 2.23. The van der Waals surface area contributed by atoms with Crippen LogP contribution in [-0.2, 0) is 14.8 Å². The summed E-state index contributed by atoms with van der Waals surface area (Å²) >= 11 is 12.5. The topological polar surface area (TPSA) is 86.7 Å². The number of rotatable bonds is 7. The first-order valence-corrected chi connectivity index (χ1v) is 12.3. The SMILES string of the molecule is CNC(=O)CN(c1ccc(Cl)cc1C(O)c1ccccc1Cl)S(=O)(=O)c1cc(C)cc(C)c1. The Labute approximate surface area is 203 Å². The van der Waals surface area contributed by atoms with Crippen molar-refractivity contribution in [3.8, 4) is 0 Å². The van der Waals surface area contributed by atoms with Crippen LogP contribution in [0.15, 0.2) is 65.6 Å². The number of likely N-dealkylation sites (N-methyl/N-ethyl adjacent to an activating group) is 1. The standard InChI is InChI=1S/C24H24Cl2N2O4S/c1-15-10-16(2)12-18(11-15)33(31,32)28(14-23(29)27-3)22-9-8-17(25)13-20(22)24(30)19-6-4-5-7-21(19)26/h4-13,24,30H,14H2,1-3H3,(H,27,29). The third-order valence-corrected chi connectivity index (χ3v) is 7.42. The van der Waals surface area contributed by atoms with Crippen molar-refractivity contribution in [3.05, 3.63) is 93.0 Å². The van der Waals surface area contributed by atoms with Crippen LogP contribution < -0.4 is 9.62 Å². The van der Waals surface area contributed by atoms with E-state index in [2.05, 4.69) is 5.32 Å². The van der Waals surface area contributed by atoms with Crippen LogP contribution in [0, 0.1) is 13.8 Å². The minimum atomic E-state index is -4.18. The average Bonchev–Trinajstić information content (AvgIpc) is 2.76. The molecule has 0 aliphatic heterocycles. The maximum atomic E-state index is 13.8. The van der Waals surface area contributed by atoms with Crippen LogP contribution in [0.5, 0.6) is 0 Å². The van der Waals surface area contributed by atoms with Gasteiger partial charge in [0, 0.05) is 28.2 Å². The summed E-state index contributed by atoms with van der Waals surface area (Å²) in [6, 6.07) is 16.1. The van der Waals surface area contributed by atoms with Gasteiger partial charge in [0.25, 0.3) is 10.0 Å². The van der Waals surface area contributed by atoms with Crippen molar-refractivity contribution in [2.75, 3.05) is 17.9 Å². The molecule has 0 aliphatic carbocycles. The van der Waals surface area contributed by atoms with Crippen molar-refractivity contribution in [2.45, 2.75) is 24.8 Å². The first kappa shape index (κ1) is 25.1. The van der Waals surface area contributed by atoms with Crippen LogP contribution in [0.4, 0.5) is 5.69 Å². The summed E-state index contributed by atoms with van der Waals surface area (Å²) in [4.78, 5) is 12.4. The second-order valence-corrected chi connectivity index (χ2v) is 10.3. The summed E-state index contributed by atoms with van der Waals surface area (Å²) in [6.07, 6.45) is -1.28. The van der Waals surface area contributed by atoms with Gasteiger partial charge < -0.3 is 10.4 Å². The van der Waals surface area contributed by atoms with Crippen molar-refractivity contribution in [3.63, 3.8) is 0 Å². The molecule has 0 bridgehead atoms. The second kappa shape index (κ2) is 10.1. The summed E-state index contributed by atoms with van der Waals surface area (Å²) in [6.45, 7) is 3.10. The zero-order valence-electron chi connectivity index (χ0n) is 18.3. The Morgan fingerprint density at radius 2 is 1.64 bits per heavy atom. The van der Waals surface area contributed by atoms with E-state index in [1.54, 1.807) is 50.2 Å². The van der Waals surface area contributed by atoms with E-state index in [-0.39, 0.29) is 16.1 Å². The number of amides is 1. The molecule has 0 aliphatic rings. The molecule has 1 atom stereocenters. The number of halogens is 2. The quantitative estimate of drug-likeness (QED) is 0.488. The molecule has 3 rings (SSSR count). The van der Waals surface area contributed by atoms with Gasteiger partial charge in [0.1, 0.15) is 12.6 Å². The van der Waals surface area contributed by atoms with Crippen LogP contribution in [0.1, 0.15) is 28.4 Å². The van der Waals surface area contributed by atoms with Gasteiger partial charge in [-0.1, -0.05) is 47.5 Å². The number of carbonyl (C=O) groups excluding carboxylic acids is 1. The number of sulfonamides is 1. The number of hydrogen-bond acceptors (Lipinski definition) is 4. The van der Waals surface area contributed by atoms with Gasteiger partial charge in [-0.3, -0.25) is 9.10 Å². The third-order valence-electron chi connectivity index (χ3n) is 5.10. The number of aliphatic hydroxyl groups excluding tert-OH is 1. The minimum absolute atomic E-state index is 0.0389. The zero-order valence-corrected chi connectivity index (χ0v) is 20.7. The van der Waals surface area contributed by atoms with Crippen LogP contribution in [0.2, 0.25) is 10.0 Å². The van der Waals surface area contributed by atoms with E-state index in [1.807, 2.05) is 6.07 Å². The highest BCUT2D eigenvalue weighted by Gasteiger charge is 2.31. The Balaban J connectivity index is 2.24. The zero-order chi connectivity index (χ0) is 24.3. The van der Waals surface area contributed by atoms with Crippen LogP contribution in [-0.4, -0.2) is 33.0 Å². The molecule has 2 N–H and O–H groups in total. The molecular weight excluding hydrogens is 483 g/mol. The average molecular weight is 507 g/mol. The number of anilines is 1. The Bertz CT molecular complexity index is 1280. The van der Waals surface area contributed by atoms with E-state index in [0.29, 0.717) is 15.6 Å². The molecule has 33 heavy (non-hydrogen) atoms. The Morgan fingerprint density at radius 3 is 2.24 bits per heavy atom. The molecule has 1 unspecified atom stereocenters. The van der Waals surface area contributed by atoms with Gasteiger partial charge in [-0.2, -0.15) is 0 Å². The molecular formula is C24H24Cl2N2O4S. The number of benzene rings is 3. The molecule has 9 heteroatoms. The van der Waals surface area contributed by atoms with E-state index in [4.69, 9.17) is 23.2 Å². The lowest BCUT2D eigenvalue weighted by Crippen LogP contribution is -2.40. The number of aliphatic hydroxyl groups is 1. The van der Waals surface area contributed by atoms with E-state index in [9.17, 15) is 18.3 Å². The predicted octanol–water partition coefficient (Wildman–Crippen LogP) is 4.63. The van der Waals surface area contributed by atoms with E-state index in [0.717, 1.165) is 15.4 Å². The molecule has 0 saturated carbocycles. The van der Waals surface area contributed by atoms with Crippen LogP contribution in [0.25, 0.3) is 0 Å². The van der Waals surface area contributed by atoms with Crippen LogP contribution in [0.3, 0.4) is 0 Å². The lowest BCUT2D eigenvalue weighted by molar-refractivity contribution is -0.119. The molecule has 0 aromatic heterocycles. The Hall–Kier alpha value is -2.58.